The highest BCUT2D eigenvalue weighted by Gasteiger charge is 2.11. The Morgan fingerprint density at radius 3 is 1.55 bits per heavy atom. The molecular formula is C30H25NO2. The monoisotopic (exact) mass is 431 g/mol. The number of carbonyl (C=O) groups is 1. The summed E-state index contributed by atoms with van der Waals surface area (Å²) in [6.45, 7) is 2.10. The second kappa shape index (κ2) is 10.3. The number of hydrogen-bond donors (Lipinski definition) is 1. The van der Waals surface area contributed by atoms with Crippen molar-refractivity contribution in [3.05, 3.63) is 131 Å². The standard InChI is InChI=1S/C30H25NO2/c1-23-7-18-28(19-8-23)31(27-5-3-2-4-6-27)29-20-15-26(16-21-29)14-11-24-9-12-25(13-10-24)17-22-30(32)33/h2-22H,1H3,(H,32,33). The summed E-state index contributed by atoms with van der Waals surface area (Å²) in [5.74, 6) is -0.948. The summed E-state index contributed by atoms with van der Waals surface area (Å²) in [6, 6.07) is 35.1. The van der Waals surface area contributed by atoms with E-state index in [2.05, 4.69) is 96.8 Å². The van der Waals surface area contributed by atoms with E-state index in [4.69, 9.17) is 5.11 Å². The van der Waals surface area contributed by atoms with Gasteiger partial charge in [0.1, 0.15) is 0 Å². The molecule has 0 saturated carbocycles. The van der Waals surface area contributed by atoms with E-state index in [-0.39, 0.29) is 0 Å². The Kier molecular flexibility index (Phi) is 6.81. The van der Waals surface area contributed by atoms with Crippen LogP contribution in [0.15, 0.2) is 109 Å². The average Bonchev–Trinajstić information content (AvgIpc) is 2.85. The van der Waals surface area contributed by atoms with Gasteiger partial charge in [-0.2, -0.15) is 0 Å². The Hall–Kier alpha value is -4.37. The van der Waals surface area contributed by atoms with Crippen LogP contribution in [0, 0.1) is 6.92 Å². The quantitative estimate of drug-likeness (QED) is 0.240. The van der Waals surface area contributed by atoms with Crippen molar-refractivity contribution in [2.75, 3.05) is 4.90 Å². The average molecular weight is 432 g/mol. The van der Waals surface area contributed by atoms with E-state index in [0.29, 0.717) is 0 Å². The number of hydrogen-bond acceptors (Lipinski definition) is 2. The molecule has 0 heterocycles. The number of nitrogens with zero attached hydrogens (tertiary/aromatic N) is 1. The van der Waals surface area contributed by atoms with Crippen LogP contribution >= 0.6 is 0 Å². The number of anilines is 3. The molecule has 162 valence electrons. The second-order valence-corrected chi connectivity index (χ2v) is 7.77. The van der Waals surface area contributed by atoms with Crippen LogP contribution < -0.4 is 4.90 Å². The number of benzene rings is 4. The number of carboxylic acid groups (broad SMARTS) is 1. The van der Waals surface area contributed by atoms with Crippen LogP contribution in [0.4, 0.5) is 17.1 Å². The van der Waals surface area contributed by atoms with Crippen LogP contribution in [0.3, 0.4) is 0 Å². The van der Waals surface area contributed by atoms with Crippen molar-refractivity contribution in [3.63, 3.8) is 0 Å². The van der Waals surface area contributed by atoms with Gasteiger partial charge in [-0.05, 0) is 66.1 Å². The lowest BCUT2D eigenvalue weighted by molar-refractivity contribution is -0.131. The first-order valence-electron chi connectivity index (χ1n) is 10.8. The summed E-state index contributed by atoms with van der Waals surface area (Å²) in [4.78, 5) is 12.9. The molecule has 0 radical (unpaired) electrons. The van der Waals surface area contributed by atoms with E-state index in [9.17, 15) is 4.79 Å². The minimum absolute atomic E-state index is 0.857. The topological polar surface area (TPSA) is 40.5 Å². The maximum absolute atomic E-state index is 10.6. The lowest BCUT2D eigenvalue weighted by Gasteiger charge is -2.25. The van der Waals surface area contributed by atoms with E-state index in [1.54, 1.807) is 6.08 Å². The maximum atomic E-state index is 10.6. The van der Waals surface area contributed by atoms with Crippen molar-refractivity contribution in [2.24, 2.45) is 0 Å². The zero-order valence-corrected chi connectivity index (χ0v) is 18.4. The van der Waals surface area contributed by atoms with Gasteiger partial charge in [-0.1, -0.05) is 84.4 Å². The van der Waals surface area contributed by atoms with E-state index in [1.165, 1.54) is 5.56 Å². The predicted octanol–water partition coefficient (Wildman–Crippen LogP) is 7.73. The van der Waals surface area contributed by atoms with Gasteiger partial charge in [-0.3, -0.25) is 0 Å². The largest absolute Gasteiger partial charge is 0.478 e. The summed E-state index contributed by atoms with van der Waals surface area (Å²) < 4.78 is 0. The van der Waals surface area contributed by atoms with Crippen LogP contribution in [-0.2, 0) is 4.79 Å². The SMILES string of the molecule is Cc1ccc(N(c2ccccc2)c2ccc(C=Cc3ccc(C=CC(=O)O)cc3)cc2)cc1. The van der Waals surface area contributed by atoms with Crippen molar-refractivity contribution in [1.29, 1.82) is 0 Å². The van der Waals surface area contributed by atoms with E-state index in [1.807, 2.05) is 30.3 Å². The van der Waals surface area contributed by atoms with Gasteiger partial charge in [-0.15, -0.1) is 0 Å². The number of rotatable bonds is 7. The molecule has 4 aromatic carbocycles. The summed E-state index contributed by atoms with van der Waals surface area (Å²) >= 11 is 0. The van der Waals surface area contributed by atoms with Crippen LogP contribution in [0.2, 0.25) is 0 Å². The van der Waals surface area contributed by atoms with Crippen molar-refractivity contribution < 1.29 is 9.90 Å². The number of aliphatic carboxylic acids is 1. The van der Waals surface area contributed by atoms with E-state index >= 15 is 0 Å². The van der Waals surface area contributed by atoms with Gasteiger partial charge in [0, 0.05) is 23.1 Å². The molecule has 3 nitrogen and oxygen atoms in total. The molecule has 0 aliphatic heterocycles. The fourth-order valence-electron chi connectivity index (χ4n) is 3.53. The zero-order valence-electron chi connectivity index (χ0n) is 18.4. The van der Waals surface area contributed by atoms with Crippen molar-refractivity contribution in [2.45, 2.75) is 6.92 Å². The lowest BCUT2D eigenvalue weighted by atomic mass is 10.1. The van der Waals surface area contributed by atoms with Crippen molar-refractivity contribution in [3.8, 4) is 0 Å². The van der Waals surface area contributed by atoms with Gasteiger partial charge in [0.05, 0.1) is 0 Å². The molecule has 0 aromatic heterocycles. The molecule has 0 spiro atoms. The van der Waals surface area contributed by atoms with Gasteiger partial charge < -0.3 is 10.0 Å². The Morgan fingerprint density at radius 2 is 1.03 bits per heavy atom. The summed E-state index contributed by atoms with van der Waals surface area (Å²) in [7, 11) is 0. The first kappa shape index (κ1) is 21.8. The highest BCUT2D eigenvalue weighted by Crippen LogP contribution is 2.34. The molecule has 0 aliphatic carbocycles. The van der Waals surface area contributed by atoms with Crippen molar-refractivity contribution >= 4 is 41.3 Å². The number of carboxylic acids is 1. The van der Waals surface area contributed by atoms with Crippen LogP contribution in [0.25, 0.3) is 18.2 Å². The first-order chi connectivity index (χ1) is 16.1. The van der Waals surface area contributed by atoms with E-state index < -0.39 is 5.97 Å². The molecule has 3 heteroatoms. The second-order valence-electron chi connectivity index (χ2n) is 7.77. The highest BCUT2D eigenvalue weighted by molar-refractivity contribution is 5.85. The fraction of sp³-hybridized carbons (Fsp3) is 0.0333. The van der Waals surface area contributed by atoms with Crippen LogP contribution in [0.1, 0.15) is 22.3 Å². The third-order valence-corrected chi connectivity index (χ3v) is 5.28. The summed E-state index contributed by atoms with van der Waals surface area (Å²) in [5.41, 5.74) is 7.57. The van der Waals surface area contributed by atoms with E-state index in [0.717, 1.165) is 39.8 Å². The molecule has 33 heavy (non-hydrogen) atoms. The lowest BCUT2D eigenvalue weighted by Crippen LogP contribution is -2.09. The number of aryl methyl sites for hydroxylation is 1. The molecule has 0 fully saturated rings. The van der Waals surface area contributed by atoms with Gasteiger partial charge >= 0.3 is 5.97 Å². The Labute approximate surface area is 194 Å². The number of para-hydroxylation sites is 1. The van der Waals surface area contributed by atoms with Gasteiger partial charge in [0.2, 0.25) is 0 Å². The molecule has 0 amide bonds. The maximum Gasteiger partial charge on any atom is 0.328 e. The third-order valence-electron chi connectivity index (χ3n) is 5.28. The Balaban J connectivity index is 1.54. The van der Waals surface area contributed by atoms with Gasteiger partial charge in [0.25, 0.3) is 0 Å². The molecule has 0 bridgehead atoms. The van der Waals surface area contributed by atoms with Gasteiger partial charge in [-0.25, -0.2) is 4.79 Å². The Morgan fingerprint density at radius 1 is 0.606 bits per heavy atom. The molecular weight excluding hydrogens is 406 g/mol. The molecule has 0 aliphatic rings. The summed E-state index contributed by atoms with van der Waals surface area (Å²) in [5, 5.41) is 8.73. The smallest absolute Gasteiger partial charge is 0.328 e. The molecule has 0 saturated heterocycles. The molecule has 4 aromatic rings. The first-order valence-corrected chi connectivity index (χ1v) is 10.8. The highest BCUT2D eigenvalue weighted by atomic mass is 16.4. The molecule has 0 unspecified atom stereocenters. The van der Waals surface area contributed by atoms with Crippen molar-refractivity contribution in [1.82, 2.24) is 0 Å². The molecule has 1 N–H and O–H groups in total. The Bertz CT molecular complexity index is 1250. The van der Waals surface area contributed by atoms with Gasteiger partial charge in [0.15, 0.2) is 0 Å². The summed E-state index contributed by atoms with van der Waals surface area (Å²) in [6.07, 6.45) is 6.85. The normalized spacial score (nSPS) is 11.2. The minimum atomic E-state index is -0.948. The van der Waals surface area contributed by atoms with Crippen LogP contribution in [0.5, 0.6) is 0 Å². The molecule has 0 atom stereocenters. The van der Waals surface area contributed by atoms with Crippen LogP contribution in [-0.4, -0.2) is 11.1 Å². The zero-order chi connectivity index (χ0) is 23.0. The third kappa shape index (κ3) is 5.86. The fourth-order valence-corrected chi connectivity index (χ4v) is 3.53. The molecule has 4 rings (SSSR count). The predicted molar refractivity (Wildman–Crippen MR) is 138 cm³/mol. The minimum Gasteiger partial charge on any atom is -0.478 e.